The fraction of sp³-hybridized carbons (Fsp3) is 0.364. The number of rotatable bonds is 1. The maximum absolute atomic E-state index is 13.8. The number of nitrogens with zero attached hydrogens (tertiary/aromatic N) is 2. The van der Waals surface area contributed by atoms with E-state index >= 15 is 0 Å². The minimum atomic E-state index is -0.701. The van der Waals surface area contributed by atoms with Gasteiger partial charge in [0.1, 0.15) is 5.82 Å². The number of benzene rings is 1. The lowest BCUT2D eigenvalue weighted by atomic mass is 10.0. The molecule has 2 rings (SSSR count). The maximum atomic E-state index is 13.8. The standard InChI is InChI=1S/C11H14FN3O2/c1-14-5-8-3-7(11(16)13-17)4-10(12)9(8)6-15(14)2/h3-4,17H,5-6H2,1-2H3,(H,13,16). The lowest BCUT2D eigenvalue weighted by molar-refractivity contribution is -0.00324. The van der Waals surface area contributed by atoms with Gasteiger partial charge in [0, 0.05) is 38.3 Å². The molecule has 0 bridgehead atoms. The summed E-state index contributed by atoms with van der Waals surface area (Å²) >= 11 is 0. The summed E-state index contributed by atoms with van der Waals surface area (Å²) in [5.74, 6) is -1.12. The molecular weight excluding hydrogens is 225 g/mol. The summed E-state index contributed by atoms with van der Waals surface area (Å²) in [7, 11) is 3.76. The maximum Gasteiger partial charge on any atom is 0.274 e. The number of hydrogen-bond donors (Lipinski definition) is 2. The van der Waals surface area contributed by atoms with Crippen molar-refractivity contribution in [1.29, 1.82) is 0 Å². The highest BCUT2D eigenvalue weighted by molar-refractivity contribution is 5.93. The molecule has 1 aliphatic heterocycles. The minimum absolute atomic E-state index is 0.127. The second-order valence-electron chi connectivity index (χ2n) is 4.17. The van der Waals surface area contributed by atoms with E-state index in [4.69, 9.17) is 5.21 Å². The predicted molar refractivity (Wildman–Crippen MR) is 58.6 cm³/mol. The van der Waals surface area contributed by atoms with E-state index < -0.39 is 11.7 Å². The second-order valence-corrected chi connectivity index (χ2v) is 4.17. The van der Waals surface area contributed by atoms with E-state index in [0.29, 0.717) is 18.7 Å². The van der Waals surface area contributed by atoms with Gasteiger partial charge in [0.05, 0.1) is 0 Å². The molecule has 0 radical (unpaired) electrons. The van der Waals surface area contributed by atoms with E-state index in [2.05, 4.69) is 0 Å². The van der Waals surface area contributed by atoms with Crippen LogP contribution in [0.25, 0.3) is 0 Å². The number of hydrogen-bond acceptors (Lipinski definition) is 4. The zero-order chi connectivity index (χ0) is 12.6. The molecule has 1 aromatic rings. The number of fused-ring (bicyclic) bond motifs is 1. The highest BCUT2D eigenvalue weighted by Gasteiger charge is 2.22. The molecule has 0 unspecified atom stereocenters. The topological polar surface area (TPSA) is 55.8 Å². The molecule has 92 valence electrons. The Morgan fingerprint density at radius 2 is 2.00 bits per heavy atom. The smallest absolute Gasteiger partial charge is 0.274 e. The number of hydrazine groups is 1. The SMILES string of the molecule is CN1Cc2cc(C(=O)NO)cc(F)c2CN1C. The van der Waals surface area contributed by atoms with Crippen LogP contribution in [0.15, 0.2) is 12.1 Å². The average Bonchev–Trinajstić information content (AvgIpc) is 2.30. The van der Waals surface area contributed by atoms with Crippen LogP contribution >= 0.6 is 0 Å². The number of carbonyl (C=O) groups excluding carboxylic acids is 1. The first kappa shape index (κ1) is 12.0. The van der Waals surface area contributed by atoms with Crippen molar-refractivity contribution in [3.05, 3.63) is 34.6 Å². The molecule has 2 N–H and O–H groups in total. The molecule has 0 aliphatic carbocycles. The summed E-state index contributed by atoms with van der Waals surface area (Å²) in [6.07, 6.45) is 0. The number of carbonyl (C=O) groups is 1. The summed E-state index contributed by atoms with van der Waals surface area (Å²) in [5.41, 5.74) is 3.00. The Morgan fingerprint density at radius 1 is 1.35 bits per heavy atom. The van der Waals surface area contributed by atoms with Gasteiger partial charge in [-0.3, -0.25) is 10.0 Å². The summed E-state index contributed by atoms with van der Waals surface area (Å²) in [6, 6.07) is 2.75. The normalized spacial score (nSPS) is 16.7. The molecule has 17 heavy (non-hydrogen) atoms. The molecular formula is C11H14FN3O2. The van der Waals surface area contributed by atoms with Crippen molar-refractivity contribution >= 4 is 5.91 Å². The Morgan fingerprint density at radius 3 is 2.65 bits per heavy atom. The van der Waals surface area contributed by atoms with E-state index in [1.165, 1.54) is 5.48 Å². The third-order valence-electron chi connectivity index (χ3n) is 3.02. The van der Waals surface area contributed by atoms with Gasteiger partial charge in [-0.15, -0.1) is 0 Å². The molecule has 0 spiro atoms. The number of hydroxylamine groups is 1. The van der Waals surface area contributed by atoms with Gasteiger partial charge in [-0.2, -0.15) is 0 Å². The van der Waals surface area contributed by atoms with Crippen molar-refractivity contribution in [1.82, 2.24) is 15.5 Å². The van der Waals surface area contributed by atoms with Crippen molar-refractivity contribution in [2.45, 2.75) is 13.1 Å². The first-order chi connectivity index (χ1) is 8.02. The molecule has 1 heterocycles. The monoisotopic (exact) mass is 239 g/mol. The molecule has 0 saturated heterocycles. The van der Waals surface area contributed by atoms with Gasteiger partial charge in [0.15, 0.2) is 0 Å². The minimum Gasteiger partial charge on any atom is -0.288 e. The van der Waals surface area contributed by atoms with Gasteiger partial charge in [-0.05, 0) is 17.7 Å². The van der Waals surface area contributed by atoms with Gasteiger partial charge in [0.25, 0.3) is 5.91 Å². The fourth-order valence-corrected chi connectivity index (χ4v) is 1.92. The van der Waals surface area contributed by atoms with Crippen LogP contribution in [-0.2, 0) is 13.1 Å². The Bertz CT molecular complexity index is 464. The molecule has 0 saturated carbocycles. The van der Waals surface area contributed by atoms with Crippen molar-refractivity contribution in [3.8, 4) is 0 Å². The molecule has 6 heteroatoms. The largest absolute Gasteiger partial charge is 0.288 e. The van der Waals surface area contributed by atoms with Gasteiger partial charge < -0.3 is 0 Å². The molecule has 5 nitrogen and oxygen atoms in total. The summed E-state index contributed by atoms with van der Waals surface area (Å²) in [5, 5.41) is 12.4. The van der Waals surface area contributed by atoms with Crippen LogP contribution in [0.4, 0.5) is 4.39 Å². The second kappa shape index (κ2) is 4.40. The Balaban J connectivity index is 2.44. The summed E-state index contributed by atoms with van der Waals surface area (Å²) in [4.78, 5) is 11.2. The van der Waals surface area contributed by atoms with Crippen LogP contribution in [-0.4, -0.2) is 35.2 Å². The van der Waals surface area contributed by atoms with Crippen LogP contribution in [0.1, 0.15) is 21.5 Å². The quantitative estimate of drug-likeness (QED) is 0.560. The molecule has 0 fully saturated rings. The molecule has 1 aromatic carbocycles. The van der Waals surface area contributed by atoms with Gasteiger partial charge in [0.2, 0.25) is 0 Å². The predicted octanol–water partition coefficient (Wildman–Crippen LogP) is 0.737. The number of halogens is 1. The first-order valence-electron chi connectivity index (χ1n) is 5.21. The van der Waals surface area contributed by atoms with E-state index in [9.17, 15) is 9.18 Å². The summed E-state index contributed by atoms with van der Waals surface area (Å²) in [6.45, 7) is 1.01. The van der Waals surface area contributed by atoms with Crippen molar-refractivity contribution < 1.29 is 14.4 Å². The van der Waals surface area contributed by atoms with Crippen molar-refractivity contribution in [2.75, 3.05) is 14.1 Å². The van der Waals surface area contributed by atoms with Crippen LogP contribution in [0.3, 0.4) is 0 Å². The van der Waals surface area contributed by atoms with Gasteiger partial charge >= 0.3 is 0 Å². The molecule has 0 aromatic heterocycles. The van der Waals surface area contributed by atoms with E-state index in [-0.39, 0.29) is 5.56 Å². The van der Waals surface area contributed by atoms with E-state index in [0.717, 1.165) is 11.6 Å². The lowest BCUT2D eigenvalue weighted by Gasteiger charge is -2.34. The zero-order valence-electron chi connectivity index (χ0n) is 9.70. The van der Waals surface area contributed by atoms with Crippen molar-refractivity contribution in [3.63, 3.8) is 0 Å². The van der Waals surface area contributed by atoms with Crippen molar-refractivity contribution in [2.24, 2.45) is 0 Å². The van der Waals surface area contributed by atoms with E-state index in [1.807, 2.05) is 24.1 Å². The Kier molecular flexibility index (Phi) is 3.10. The van der Waals surface area contributed by atoms with Crippen LogP contribution < -0.4 is 5.48 Å². The Hall–Kier alpha value is -1.50. The zero-order valence-corrected chi connectivity index (χ0v) is 9.70. The van der Waals surface area contributed by atoms with Gasteiger partial charge in [-0.1, -0.05) is 0 Å². The highest BCUT2D eigenvalue weighted by Crippen LogP contribution is 2.24. The average molecular weight is 239 g/mol. The third-order valence-corrected chi connectivity index (χ3v) is 3.02. The molecule has 1 aliphatic rings. The van der Waals surface area contributed by atoms with Crippen LogP contribution in [0.2, 0.25) is 0 Å². The fourth-order valence-electron chi connectivity index (χ4n) is 1.92. The van der Waals surface area contributed by atoms with E-state index in [1.54, 1.807) is 6.07 Å². The highest BCUT2D eigenvalue weighted by atomic mass is 19.1. The molecule has 1 amide bonds. The lowest BCUT2D eigenvalue weighted by Crippen LogP contribution is -2.40. The molecule has 0 atom stereocenters. The first-order valence-corrected chi connectivity index (χ1v) is 5.21. The number of amides is 1. The Labute approximate surface area is 98.4 Å². The third kappa shape index (κ3) is 2.14. The van der Waals surface area contributed by atoms with Crippen LogP contribution in [0, 0.1) is 5.82 Å². The van der Waals surface area contributed by atoms with Gasteiger partial charge in [-0.25, -0.2) is 19.9 Å². The summed E-state index contributed by atoms with van der Waals surface area (Å²) < 4.78 is 13.8. The van der Waals surface area contributed by atoms with Crippen LogP contribution in [0.5, 0.6) is 0 Å². The number of nitrogens with one attached hydrogen (secondary N) is 1.